The van der Waals surface area contributed by atoms with E-state index < -0.39 is 0 Å². The van der Waals surface area contributed by atoms with E-state index in [9.17, 15) is 9.59 Å². The second-order valence-corrected chi connectivity index (χ2v) is 8.11. The highest BCUT2D eigenvalue weighted by atomic mass is 16.2. The minimum Gasteiger partial charge on any atom is -0.353 e. The average Bonchev–Trinajstić information content (AvgIpc) is 3.26. The number of hydrogen-bond acceptors (Lipinski definition) is 4. The first kappa shape index (κ1) is 21.5. The molecule has 0 spiro atoms. The first-order valence-electron chi connectivity index (χ1n) is 10.8. The summed E-state index contributed by atoms with van der Waals surface area (Å²) in [4.78, 5) is 30.4. The van der Waals surface area contributed by atoms with Crippen LogP contribution in [0.25, 0.3) is 17.2 Å². The average molecular weight is 430 g/mol. The summed E-state index contributed by atoms with van der Waals surface area (Å²) in [5, 5.41) is 7.44. The van der Waals surface area contributed by atoms with Gasteiger partial charge < -0.3 is 9.88 Å². The van der Waals surface area contributed by atoms with Crippen LogP contribution in [0.2, 0.25) is 0 Å². The predicted octanol–water partition coefficient (Wildman–Crippen LogP) is 3.08. The molecule has 2 heterocycles. The van der Waals surface area contributed by atoms with Gasteiger partial charge in [0.05, 0.1) is 6.42 Å². The molecule has 0 fully saturated rings. The van der Waals surface area contributed by atoms with E-state index in [0.29, 0.717) is 22.9 Å². The largest absolute Gasteiger partial charge is 0.353 e. The number of aryl methyl sites for hydroxylation is 2. The van der Waals surface area contributed by atoms with Gasteiger partial charge in [0.15, 0.2) is 5.82 Å². The van der Waals surface area contributed by atoms with Crippen molar-refractivity contribution in [1.29, 1.82) is 0 Å². The van der Waals surface area contributed by atoms with Crippen LogP contribution in [-0.2, 0) is 24.7 Å². The fourth-order valence-electron chi connectivity index (χ4n) is 3.79. The smallest absolute Gasteiger partial charge is 0.279 e. The predicted molar refractivity (Wildman–Crippen MR) is 124 cm³/mol. The van der Waals surface area contributed by atoms with Crippen LogP contribution in [-0.4, -0.2) is 31.1 Å². The van der Waals surface area contributed by atoms with Gasteiger partial charge in [-0.2, -0.15) is 9.50 Å². The van der Waals surface area contributed by atoms with Crippen LogP contribution in [0.4, 0.5) is 0 Å². The fraction of sp³-hybridized carbons (Fsp3) is 0.280. The zero-order chi connectivity index (χ0) is 22.7. The Bertz CT molecular complexity index is 1290. The minimum atomic E-state index is -0.308. The van der Waals surface area contributed by atoms with Crippen LogP contribution in [0.5, 0.6) is 0 Å². The number of hydrogen-bond donors (Lipinski definition) is 1. The molecule has 1 amide bonds. The molecule has 0 aliphatic rings. The third kappa shape index (κ3) is 4.46. The third-order valence-corrected chi connectivity index (χ3v) is 5.77. The van der Waals surface area contributed by atoms with E-state index in [1.54, 1.807) is 0 Å². The number of nitrogens with one attached hydrogen (secondary N) is 1. The molecule has 0 bridgehead atoms. The van der Waals surface area contributed by atoms with Gasteiger partial charge in [-0.15, -0.1) is 5.10 Å². The van der Waals surface area contributed by atoms with Gasteiger partial charge in [0.2, 0.25) is 11.7 Å². The standard InChI is InChI=1S/C25H27N5O2/c1-17(14-15-19-10-6-4-7-11-19)26-22(31)16-21-18(2)29(3)25-27-23(28-30(25)24(21)32)20-12-8-5-9-13-20/h4-13,17H,14-16H2,1-3H3,(H,26,31)/t17-/m0/s1. The third-order valence-electron chi connectivity index (χ3n) is 5.77. The minimum absolute atomic E-state index is 0.00462. The summed E-state index contributed by atoms with van der Waals surface area (Å²) < 4.78 is 3.10. The molecular formula is C25H27N5O2. The summed E-state index contributed by atoms with van der Waals surface area (Å²) in [7, 11) is 1.83. The van der Waals surface area contributed by atoms with Gasteiger partial charge in [0.1, 0.15) is 0 Å². The van der Waals surface area contributed by atoms with Gasteiger partial charge in [-0.1, -0.05) is 60.7 Å². The summed E-state index contributed by atoms with van der Waals surface area (Å²) in [5.74, 6) is 0.758. The number of fused-ring (bicyclic) bond motifs is 1. The van der Waals surface area contributed by atoms with Gasteiger partial charge >= 0.3 is 0 Å². The summed E-state index contributed by atoms with van der Waals surface area (Å²) in [6.45, 7) is 3.82. The summed E-state index contributed by atoms with van der Waals surface area (Å²) in [6.07, 6.45) is 1.72. The lowest BCUT2D eigenvalue weighted by atomic mass is 10.1. The van der Waals surface area contributed by atoms with E-state index >= 15 is 0 Å². The van der Waals surface area contributed by atoms with Gasteiger partial charge in [0, 0.05) is 29.9 Å². The molecular weight excluding hydrogens is 402 g/mol. The van der Waals surface area contributed by atoms with E-state index in [0.717, 1.165) is 18.4 Å². The molecule has 1 atom stereocenters. The first-order chi connectivity index (χ1) is 15.4. The Morgan fingerprint density at radius 3 is 2.41 bits per heavy atom. The zero-order valence-electron chi connectivity index (χ0n) is 18.6. The molecule has 4 rings (SSSR count). The number of aromatic nitrogens is 4. The summed E-state index contributed by atoms with van der Waals surface area (Å²) in [6, 6.07) is 19.7. The van der Waals surface area contributed by atoms with E-state index in [1.165, 1.54) is 10.1 Å². The van der Waals surface area contributed by atoms with Crippen molar-refractivity contribution in [2.75, 3.05) is 0 Å². The molecule has 4 aromatic rings. The van der Waals surface area contributed by atoms with Crippen molar-refractivity contribution in [3.63, 3.8) is 0 Å². The first-order valence-corrected chi connectivity index (χ1v) is 10.8. The van der Waals surface area contributed by atoms with Gasteiger partial charge in [-0.25, -0.2) is 0 Å². The molecule has 0 saturated carbocycles. The lowest BCUT2D eigenvalue weighted by Gasteiger charge is -2.15. The van der Waals surface area contributed by atoms with Crippen molar-refractivity contribution in [2.45, 2.75) is 39.2 Å². The number of amides is 1. The van der Waals surface area contributed by atoms with Crippen molar-refractivity contribution in [3.8, 4) is 11.4 Å². The molecule has 0 aliphatic heterocycles. The molecule has 164 valence electrons. The molecule has 2 aromatic carbocycles. The maximum absolute atomic E-state index is 13.1. The van der Waals surface area contributed by atoms with E-state index in [-0.39, 0.29) is 23.9 Å². The van der Waals surface area contributed by atoms with Crippen molar-refractivity contribution in [2.24, 2.45) is 7.05 Å². The van der Waals surface area contributed by atoms with Crippen molar-refractivity contribution in [3.05, 3.63) is 87.8 Å². The molecule has 7 heteroatoms. The molecule has 0 radical (unpaired) electrons. The molecule has 0 aliphatic carbocycles. The Kier molecular flexibility index (Phi) is 6.16. The SMILES string of the molecule is Cc1c(CC(=O)N[C@@H](C)CCc2ccccc2)c(=O)n2nc(-c3ccccc3)nc2n1C. The van der Waals surface area contributed by atoms with E-state index in [2.05, 4.69) is 27.5 Å². The Labute approximate surface area is 186 Å². The number of nitrogens with zero attached hydrogens (tertiary/aromatic N) is 4. The second-order valence-electron chi connectivity index (χ2n) is 8.11. The molecule has 0 saturated heterocycles. The molecule has 7 nitrogen and oxygen atoms in total. The second kappa shape index (κ2) is 9.18. The van der Waals surface area contributed by atoms with Crippen molar-refractivity contribution < 1.29 is 4.79 Å². The maximum Gasteiger partial charge on any atom is 0.279 e. The maximum atomic E-state index is 13.1. The Hall–Kier alpha value is -3.74. The van der Waals surface area contributed by atoms with Crippen LogP contribution < -0.4 is 10.9 Å². The Morgan fingerprint density at radius 2 is 1.72 bits per heavy atom. The van der Waals surface area contributed by atoms with Crippen LogP contribution >= 0.6 is 0 Å². The monoisotopic (exact) mass is 429 g/mol. The van der Waals surface area contributed by atoms with Gasteiger partial charge in [-0.05, 0) is 32.3 Å². The number of benzene rings is 2. The van der Waals surface area contributed by atoms with E-state index in [4.69, 9.17) is 0 Å². The Balaban J connectivity index is 1.52. The van der Waals surface area contributed by atoms with Crippen molar-refractivity contribution >= 4 is 11.7 Å². The zero-order valence-corrected chi connectivity index (χ0v) is 18.6. The summed E-state index contributed by atoms with van der Waals surface area (Å²) >= 11 is 0. The summed E-state index contributed by atoms with van der Waals surface area (Å²) in [5.41, 5.74) is 2.90. The highest BCUT2D eigenvalue weighted by Gasteiger charge is 2.19. The highest BCUT2D eigenvalue weighted by Crippen LogP contribution is 2.16. The normalized spacial score (nSPS) is 12.1. The topological polar surface area (TPSA) is 81.3 Å². The van der Waals surface area contributed by atoms with Gasteiger partial charge in [0.25, 0.3) is 5.56 Å². The van der Waals surface area contributed by atoms with Crippen LogP contribution in [0, 0.1) is 6.92 Å². The number of carbonyl (C=O) groups is 1. The number of rotatable bonds is 7. The van der Waals surface area contributed by atoms with Crippen molar-refractivity contribution in [1.82, 2.24) is 24.5 Å². The lowest BCUT2D eigenvalue weighted by molar-refractivity contribution is -0.121. The molecule has 1 N–H and O–H groups in total. The fourth-order valence-corrected chi connectivity index (χ4v) is 3.79. The van der Waals surface area contributed by atoms with E-state index in [1.807, 2.05) is 74.0 Å². The van der Waals surface area contributed by atoms with Crippen LogP contribution in [0.1, 0.15) is 30.2 Å². The molecule has 0 unspecified atom stereocenters. The molecule has 32 heavy (non-hydrogen) atoms. The highest BCUT2D eigenvalue weighted by molar-refractivity contribution is 5.79. The number of carbonyl (C=O) groups excluding carboxylic acids is 1. The van der Waals surface area contributed by atoms with Gasteiger partial charge in [-0.3, -0.25) is 9.59 Å². The van der Waals surface area contributed by atoms with Crippen LogP contribution in [0.15, 0.2) is 65.5 Å². The lowest BCUT2D eigenvalue weighted by Crippen LogP contribution is -2.36. The van der Waals surface area contributed by atoms with Crippen LogP contribution in [0.3, 0.4) is 0 Å². The Morgan fingerprint density at radius 1 is 1.06 bits per heavy atom. The quantitative estimate of drug-likeness (QED) is 0.490. The molecule has 2 aromatic heterocycles.